The summed E-state index contributed by atoms with van der Waals surface area (Å²) < 4.78 is 23.8. The Morgan fingerprint density at radius 1 is 1.26 bits per heavy atom. The van der Waals surface area contributed by atoms with Crippen LogP contribution in [0.4, 0.5) is 4.39 Å². The van der Waals surface area contributed by atoms with Crippen molar-refractivity contribution in [3.8, 4) is 17.6 Å². The van der Waals surface area contributed by atoms with Gasteiger partial charge in [-0.15, -0.1) is 11.8 Å². The quantitative estimate of drug-likeness (QED) is 0.578. The lowest BCUT2D eigenvalue weighted by atomic mass is 10.2. The Bertz CT molecular complexity index is 438. The van der Waals surface area contributed by atoms with E-state index in [1.54, 1.807) is 14.0 Å². The van der Waals surface area contributed by atoms with Gasteiger partial charge in [-0.05, 0) is 24.6 Å². The second kappa shape index (κ2) is 9.37. The van der Waals surface area contributed by atoms with Gasteiger partial charge in [0.15, 0.2) is 0 Å². The Morgan fingerprint density at radius 3 is 2.84 bits per heavy atom. The van der Waals surface area contributed by atoms with Crippen molar-refractivity contribution in [2.45, 2.75) is 19.9 Å². The Morgan fingerprint density at radius 2 is 2.11 bits per heavy atom. The first-order valence-corrected chi connectivity index (χ1v) is 6.27. The zero-order chi connectivity index (χ0) is 13.9. The smallest absolute Gasteiger partial charge is 0.127 e. The Kier molecular flexibility index (Phi) is 7.64. The van der Waals surface area contributed by atoms with Crippen LogP contribution in [-0.4, -0.2) is 26.9 Å². The SMILES string of the molecule is CC#CCCOc1cc(F)cc(CNCCOC)c1. The van der Waals surface area contributed by atoms with Crippen LogP contribution in [0.15, 0.2) is 18.2 Å². The van der Waals surface area contributed by atoms with Crippen LogP contribution >= 0.6 is 0 Å². The summed E-state index contributed by atoms with van der Waals surface area (Å²) in [7, 11) is 1.65. The second-order valence-corrected chi connectivity index (χ2v) is 3.99. The van der Waals surface area contributed by atoms with Gasteiger partial charge in [0.2, 0.25) is 0 Å². The molecule has 0 saturated heterocycles. The number of halogens is 1. The molecule has 0 aliphatic heterocycles. The number of benzene rings is 1. The molecule has 0 amide bonds. The van der Waals surface area contributed by atoms with Gasteiger partial charge in [0.25, 0.3) is 0 Å². The summed E-state index contributed by atoms with van der Waals surface area (Å²) in [5.74, 6) is 5.95. The molecule has 0 bridgehead atoms. The first-order chi connectivity index (χ1) is 9.26. The van der Waals surface area contributed by atoms with E-state index in [2.05, 4.69) is 17.2 Å². The van der Waals surface area contributed by atoms with Crippen molar-refractivity contribution < 1.29 is 13.9 Å². The molecule has 0 saturated carbocycles. The monoisotopic (exact) mass is 265 g/mol. The number of ether oxygens (including phenoxy) is 2. The molecule has 1 N–H and O–H groups in total. The van der Waals surface area contributed by atoms with Gasteiger partial charge in [-0.1, -0.05) is 0 Å². The fourth-order valence-electron chi connectivity index (χ4n) is 1.56. The molecule has 0 aromatic heterocycles. The average molecular weight is 265 g/mol. The van der Waals surface area contributed by atoms with Crippen molar-refractivity contribution >= 4 is 0 Å². The van der Waals surface area contributed by atoms with Crippen molar-refractivity contribution in [1.82, 2.24) is 5.32 Å². The second-order valence-electron chi connectivity index (χ2n) is 3.99. The first-order valence-electron chi connectivity index (χ1n) is 6.27. The summed E-state index contributed by atoms with van der Waals surface area (Å²) in [4.78, 5) is 0. The highest BCUT2D eigenvalue weighted by Crippen LogP contribution is 2.16. The summed E-state index contributed by atoms with van der Waals surface area (Å²) in [5.41, 5.74) is 0.854. The molecule has 0 heterocycles. The zero-order valence-electron chi connectivity index (χ0n) is 11.5. The fraction of sp³-hybridized carbons (Fsp3) is 0.467. The molecule has 0 fully saturated rings. The predicted molar refractivity (Wildman–Crippen MR) is 73.5 cm³/mol. The van der Waals surface area contributed by atoms with Gasteiger partial charge < -0.3 is 14.8 Å². The molecule has 0 aliphatic rings. The summed E-state index contributed by atoms with van der Waals surface area (Å²) >= 11 is 0. The number of hydrogen-bond acceptors (Lipinski definition) is 3. The van der Waals surface area contributed by atoms with E-state index >= 15 is 0 Å². The van der Waals surface area contributed by atoms with Crippen LogP contribution < -0.4 is 10.1 Å². The maximum Gasteiger partial charge on any atom is 0.127 e. The highest BCUT2D eigenvalue weighted by atomic mass is 19.1. The fourth-order valence-corrected chi connectivity index (χ4v) is 1.56. The summed E-state index contributed by atoms with van der Waals surface area (Å²) in [6, 6.07) is 4.72. The van der Waals surface area contributed by atoms with Gasteiger partial charge in [0, 0.05) is 32.7 Å². The first kappa shape index (κ1) is 15.5. The molecule has 0 aliphatic carbocycles. The molecule has 1 aromatic carbocycles. The summed E-state index contributed by atoms with van der Waals surface area (Å²) in [6.45, 7) is 4.21. The van der Waals surface area contributed by atoms with Gasteiger partial charge in [0.05, 0.1) is 13.2 Å². The van der Waals surface area contributed by atoms with Crippen LogP contribution in [0.3, 0.4) is 0 Å². The van der Waals surface area contributed by atoms with Crippen molar-refractivity contribution in [3.63, 3.8) is 0 Å². The van der Waals surface area contributed by atoms with Crippen LogP contribution in [0, 0.1) is 17.7 Å². The van der Waals surface area contributed by atoms with Gasteiger partial charge in [0.1, 0.15) is 11.6 Å². The lowest BCUT2D eigenvalue weighted by Gasteiger charge is -2.08. The third-order valence-corrected chi connectivity index (χ3v) is 2.42. The third-order valence-electron chi connectivity index (χ3n) is 2.42. The van der Waals surface area contributed by atoms with E-state index in [0.717, 1.165) is 12.1 Å². The molecule has 0 atom stereocenters. The minimum atomic E-state index is -0.289. The molecule has 0 unspecified atom stereocenters. The van der Waals surface area contributed by atoms with Crippen LogP contribution in [0.25, 0.3) is 0 Å². The summed E-state index contributed by atoms with van der Waals surface area (Å²) in [5, 5.41) is 3.16. The molecular weight excluding hydrogens is 245 g/mol. The van der Waals surface area contributed by atoms with E-state index in [1.807, 2.05) is 6.07 Å². The zero-order valence-corrected chi connectivity index (χ0v) is 11.5. The highest BCUT2D eigenvalue weighted by molar-refractivity contribution is 5.29. The van der Waals surface area contributed by atoms with E-state index in [4.69, 9.17) is 9.47 Å². The van der Waals surface area contributed by atoms with Gasteiger partial charge >= 0.3 is 0 Å². The number of hydrogen-bond donors (Lipinski definition) is 1. The van der Waals surface area contributed by atoms with Crippen LogP contribution in [0.5, 0.6) is 5.75 Å². The van der Waals surface area contributed by atoms with Gasteiger partial charge in [-0.2, -0.15) is 0 Å². The average Bonchev–Trinajstić information content (AvgIpc) is 2.39. The lowest BCUT2D eigenvalue weighted by Crippen LogP contribution is -2.18. The topological polar surface area (TPSA) is 30.5 Å². The third kappa shape index (κ3) is 6.80. The molecule has 1 rings (SSSR count). The van der Waals surface area contributed by atoms with E-state index in [-0.39, 0.29) is 5.82 Å². The highest BCUT2D eigenvalue weighted by Gasteiger charge is 2.01. The van der Waals surface area contributed by atoms with Crippen molar-refractivity contribution in [2.75, 3.05) is 26.9 Å². The molecule has 1 aromatic rings. The van der Waals surface area contributed by atoms with Crippen molar-refractivity contribution in [1.29, 1.82) is 0 Å². The number of methoxy groups -OCH3 is 1. The minimum absolute atomic E-state index is 0.289. The molecule has 104 valence electrons. The number of rotatable bonds is 8. The Balaban J connectivity index is 2.47. The lowest BCUT2D eigenvalue weighted by molar-refractivity contribution is 0.199. The van der Waals surface area contributed by atoms with Crippen molar-refractivity contribution in [3.05, 3.63) is 29.6 Å². The van der Waals surface area contributed by atoms with Gasteiger partial charge in [-0.25, -0.2) is 4.39 Å². The minimum Gasteiger partial charge on any atom is -0.492 e. The van der Waals surface area contributed by atoms with Gasteiger partial charge in [-0.3, -0.25) is 0 Å². The van der Waals surface area contributed by atoms with Crippen LogP contribution in [-0.2, 0) is 11.3 Å². The Hall–Kier alpha value is -1.57. The summed E-state index contributed by atoms with van der Waals surface area (Å²) in [6.07, 6.45) is 0.647. The predicted octanol–water partition coefficient (Wildman–Crippen LogP) is 2.35. The maximum atomic E-state index is 13.4. The maximum absolute atomic E-state index is 13.4. The molecule has 0 radical (unpaired) electrons. The largest absolute Gasteiger partial charge is 0.492 e. The standard InChI is InChI=1S/C15H20FNO2/c1-3-4-5-7-19-15-10-13(9-14(16)11-15)12-17-6-8-18-2/h9-11,17H,5-8,12H2,1-2H3. The van der Waals surface area contributed by atoms with E-state index < -0.39 is 0 Å². The normalized spacial score (nSPS) is 9.84. The molecular formula is C15H20FNO2. The molecule has 0 spiro atoms. The van der Waals surface area contributed by atoms with E-state index in [9.17, 15) is 4.39 Å². The van der Waals surface area contributed by atoms with Crippen LogP contribution in [0.1, 0.15) is 18.9 Å². The molecule has 19 heavy (non-hydrogen) atoms. The van der Waals surface area contributed by atoms with Crippen molar-refractivity contribution in [2.24, 2.45) is 0 Å². The van der Waals surface area contributed by atoms with E-state index in [0.29, 0.717) is 31.9 Å². The van der Waals surface area contributed by atoms with Crippen LogP contribution in [0.2, 0.25) is 0 Å². The number of nitrogens with one attached hydrogen (secondary N) is 1. The molecule has 3 nitrogen and oxygen atoms in total. The molecule has 4 heteroatoms. The Labute approximate surface area is 114 Å². The van der Waals surface area contributed by atoms with E-state index in [1.165, 1.54) is 12.1 Å².